The molecule has 0 fully saturated rings. The molecule has 0 bridgehead atoms. The highest BCUT2D eigenvalue weighted by Crippen LogP contribution is 1.87. The van der Waals surface area contributed by atoms with E-state index >= 15 is 0 Å². The van der Waals surface area contributed by atoms with E-state index in [1.54, 1.807) is 6.92 Å². The van der Waals surface area contributed by atoms with Crippen LogP contribution in [0.3, 0.4) is 0 Å². The summed E-state index contributed by atoms with van der Waals surface area (Å²) in [6.07, 6.45) is 0.804. The molecule has 0 radical (unpaired) electrons. The van der Waals surface area contributed by atoms with Gasteiger partial charge in [0.25, 0.3) is 0 Å². The summed E-state index contributed by atoms with van der Waals surface area (Å²) in [7, 11) is 0. The van der Waals surface area contributed by atoms with E-state index in [-0.39, 0.29) is 6.42 Å². The number of nitrogens with one attached hydrogen (secondary N) is 1. The maximum absolute atomic E-state index is 10.4. The highest BCUT2D eigenvalue weighted by atomic mass is 16.5. The summed E-state index contributed by atoms with van der Waals surface area (Å²) >= 11 is 0. The molecule has 4 heteroatoms. The Balaban J connectivity index is 3.60. The maximum atomic E-state index is 10.4. The number of hydrogen-bond donors (Lipinski definition) is 2. The molecule has 0 aliphatic heterocycles. The minimum atomic E-state index is -0.933. The van der Waals surface area contributed by atoms with Crippen LogP contribution >= 0.6 is 0 Å². The minimum Gasteiger partial charge on any atom is -0.289 e. The Labute approximate surface area is 52.8 Å². The Bertz CT molecular complexity index is 121. The van der Waals surface area contributed by atoms with Crippen molar-refractivity contribution in [2.24, 2.45) is 0 Å². The molecule has 2 N–H and O–H groups in total. The first-order valence-electron chi connectivity index (χ1n) is 2.69. The lowest BCUT2D eigenvalue weighted by Gasteiger charge is -1.92. The molecule has 4 nitrogen and oxygen atoms in total. The quantitative estimate of drug-likeness (QED) is 0.318. The first kappa shape index (κ1) is 8.10. The zero-order valence-corrected chi connectivity index (χ0v) is 5.18. The second-order valence-corrected chi connectivity index (χ2v) is 1.61. The summed E-state index contributed by atoms with van der Waals surface area (Å²) in [5.74, 6) is -1.52. The first-order valence-corrected chi connectivity index (χ1v) is 2.69. The highest BCUT2D eigenvalue weighted by molar-refractivity contribution is 6.35. The van der Waals surface area contributed by atoms with E-state index < -0.39 is 11.7 Å². The van der Waals surface area contributed by atoms with E-state index in [0.29, 0.717) is 6.42 Å². The van der Waals surface area contributed by atoms with Gasteiger partial charge < -0.3 is 0 Å². The van der Waals surface area contributed by atoms with Crippen LogP contribution in [0.1, 0.15) is 19.8 Å². The summed E-state index contributed by atoms with van der Waals surface area (Å²) in [5, 5.41) is 7.91. The van der Waals surface area contributed by atoms with Crippen LogP contribution < -0.4 is 5.48 Å². The third-order valence-corrected chi connectivity index (χ3v) is 0.832. The summed E-state index contributed by atoms with van der Waals surface area (Å²) in [6.45, 7) is 1.78. The van der Waals surface area contributed by atoms with Crippen molar-refractivity contribution in [1.82, 2.24) is 5.48 Å². The van der Waals surface area contributed by atoms with Crippen molar-refractivity contribution < 1.29 is 14.8 Å². The molecule has 0 saturated heterocycles. The van der Waals surface area contributed by atoms with Gasteiger partial charge in [-0.05, 0) is 6.42 Å². The van der Waals surface area contributed by atoms with Crippen LogP contribution in [0.15, 0.2) is 0 Å². The molecule has 52 valence electrons. The number of carbonyl (C=O) groups is 2. The molecule has 9 heavy (non-hydrogen) atoms. The maximum Gasteiger partial charge on any atom is 0.310 e. The van der Waals surface area contributed by atoms with Gasteiger partial charge >= 0.3 is 5.91 Å². The van der Waals surface area contributed by atoms with Gasteiger partial charge in [0.15, 0.2) is 0 Å². The molecular weight excluding hydrogens is 122 g/mol. The Morgan fingerprint density at radius 1 is 1.56 bits per heavy atom. The Kier molecular flexibility index (Phi) is 3.62. The normalized spacial score (nSPS) is 8.67. The number of carbonyl (C=O) groups excluding carboxylic acids is 2. The van der Waals surface area contributed by atoms with Crippen LogP contribution in [0.2, 0.25) is 0 Å². The molecule has 0 heterocycles. The standard InChI is InChI=1S/C5H9NO3/c1-2-3-4(7)5(8)6-9/h9H,2-3H2,1H3,(H,6,8). The van der Waals surface area contributed by atoms with Crippen molar-refractivity contribution in [3.63, 3.8) is 0 Å². The van der Waals surface area contributed by atoms with E-state index in [1.165, 1.54) is 5.48 Å². The van der Waals surface area contributed by atoms with Crippen molar-refractivity contribution in [3.05, 3.63) is 0 Å². The molecule has 0 aromatic carbocycles. The summed E-state index contributed by atoms with van der Waals surface area (Å²) in [4.78, 5) is 20.6. The van der Waals surface area contributed by atoms with Crippen LogP contribution in [0.5, 0.6) is 0 Å². The van der Waals surface area contributed by atoms with Gasteiger partial charge in [-0.15, -0.1) is 0 Å². The second-order valence-electron chi connectivity index (χ2n) is 1.61. The summed E-state index contributed by atoms with van der Waals surface area (Å²) in [6, 6.07) is 0. The number of Topliss-reactive ketones (excluding diaryl/α,β-unsaturated/α-hetero) is 1. The third kappa shape index (κ3) is 2.81. The van der Waals surface area contributed by atoms with Crippen molar-refractivity contribution in [2.75, 3.05) is 0 Å². The number of amides is 1. The van der Waals surface area contributed by atoms with Crippen molar-refractivity contribution in [3.8, 4) is 0 Å². The number of ketones is 1. The molecule has 0 spiro atoms. The minimum absolute atomic E-state index is 0.187. The Hall–Kier alpha value is -0.900. The lowest BCUT2D eigenvalue weighted by Crippen LogP contribution is -2.27. The van der Waals surface area contributed by atoms with Gasteiger partial charge in [-0.25, -0.2) is 5.48 Å². The van der Waals surface area contributed by atoms with Crippen LogP contribution in [0.25, 0.3) is 0 Å². The van der Waals surface area contributed by atoms with Crippen molar-refractivity contribution in [1.29, 1.82) is 0 Å². The molecule has 0 aromatic heterocycles. The predicted molar refractivity (Wildman–Crippen MR) is 29.8 cm³/mol. The van der Waals surface area contributed by atoms with E-state index in [9.17, 15) is 9.59 Å². The van der Waals surface area contributed by atoms with Gasteiger partial charge in [-0.3, -0.25) is 14.8 Å². The first-order chi connectivity index (χ1) is 4.22. The lowest BCUT2D eigenvalue weighted by atomic mass is 10.2. The van der Waals surface area contributed by atoms with Crippen molar-refractivity contribution in [2.45, 2.75) is 19.8 Å². The third-order valence-electron chi connectivity index (χ3n) is 0.832. The van der Waals surface area contributed by atoms with Gasteiger partial charge in [-0.2, -0.15) is 0 Å². The van der Waals surface area contributed by atoms with E-state index in [2.05, 4.69) is 0 Å². The summed E-state index contributed by atoms with van der Waals surface area (Å²) < 4.78 is 0. The monoisotopic (exact) mass is 131 g/mol. The van der Waals surface area contributed by atoms with Crippen molar-refractivity contribution >= 4 is 11.7 Å². The smallest absolute Gasteiger partial charge is 0.289 e. The van der Waals surface area contributed by atoms with Crippen LogP contribution in [-0.2, 0) is 9.59 Å². The molecule has 1 amide bonds. The fourth-order valence-electron chi connectivity index (χ4n) is 0.403. The molecule has 0 rings (SSSR count). The van der Waals surface area contributed by atoms with Gasteiger partial charge in [0, 0.05) is 6.42 Å². The van der Waals surface area contributed by atoms with E-state index in [1.807, 2.05) is 0 Å². The van der Waals surface area contributed by atoms with Crippen LogP contribution in [-0.4, -0.2) is 16.9 Å². The molecule has 0 aromatic rings. The molecule has 0 unspecified atom stereocenters. The van der Waals surface area contributed by atoms with Gasteiger partial charge in [0.1, 0.15) is 0 Å². The molecule has 0 aliphatic rings. The molecule has 0 saturated carbocycles. The van der Waals surface area contributed by atoms with Gasteiger partial charge in [-0.1, -0.05) is 6.92 Å². The molecule has 0 atom stereocenters. The molecule has 0 aliphatic carbocycles. The SMILES string of the molecule is CCCC(=O)C(=O)NO. The van der Waals surface area contributed by atoms with Gasteiger partial charge in [0.2, 0.25) is 5.78 Å². The number of hydroxylamine groups is 1. The average molecular weight is 131 g/mol. The Morgan fingerprint density at radius 3 is 2.44 bits per heavy atom. The van der Waals surface area contributed by atoms with E-state index in [0.717, 1.165) is 0 Å². The number of rotatable bonds is 3. The fourth-order valence-corrected chi connectivity index (χ4v) is 0.403. The predicted octanol–water partition coefficient (Wildman–Crippen LogP) is -0.139. The fraction of sp³-hybridized carbons (Fsp3) is 0.600. The van der Waals surface area contributed by atoms with Crippen LogP contribution in [0, 0.1) is 0 Å². The zero-order chi connectivity index (χ0) is 7.28. The average Bonchev–Trinajstić information content (AvgIpc) is 1.87. The summed E-state index contributed by atoms with van der Waals surface area (Å²) in [5.41, 5.74) is 1.26. The zero-order valence-electron chi connectivity index (χ0n) is 5.18. The topological polar surface area (TPSA) is 66.4 Å². The van der Waals surface area contributed by atoms with E-state index in [4.69, 9.17) is 5.21 Å². The largest absolute Gasteiger partial charge is 0.310 e. The lowest BCUT2D eigenvalue weighted by molar-refractivity contribution is -0.143. The Morgan fingerprint density at radius 2 is 2.11 bits per heavy atom. The number of hydrogen-bond acceptors (Lipinski definition) is 3. The highest BCUT2D eigenvalue weighted by Gasteiger charge is 2.09. The van der Waals surface area contributed by atoms with Gasteiger partial charge in [0.05, 0.1) is 0 Å². The molecular formula is C5H9NO3. The second kappa shape index (κ2) is 4.03. The van der Waals surface area contributed by atoms with Crippen LogP contribution in [0.4, 0.5) is 0 Å².